The SMILES string of the molecule is CO[C@H]1O[C@H](COC(=O)C(C)(C)C)C[C@@H]1F. The van der Waals surface area contributed by atoms with Gasteiger partial charge in [-0.05, 0) is 20.8 Å². The van der Waals surface area contributed by atoms with Crippen molar-refractivity contribution in [2.75, 3.05) is 13.7 Å². The molecule has 1 aliphatic heterocycles. The summed E-state index contributed by atoms with van der Waals surface area (Å²) in [7, 11) is 1.39. The van der Waals surface area contributed by atoms with E-state index in [0.29, 0.717) is 0 Å². The fraction of sp³-hybridized carbons (Fsp3) is 0.909. The third-order valence-corrected chi connectivity index (χ3v) is 2.35. The fourth-order valence-electron chi connectivity index (χ4n) is 1.39. The van der Waals surface area contributed by atoms with Crippen LogP contribution in [0.3, 0.4) is 0 Å². The molecule has 1 aliphatic rings. The van der Waals surface area contributed by atoms with Crippen LogP contribution in [0.1, 0.15) is 27.2 Å². The molecular formula is C11H19FO4. The molecule has 3 atom stereocenters. The Hall–Kier alpha value is -0.680. The van der Waals surface area contributed by atoms with E-state index >= 15 is 0 Å². The van der Waals surface area contributed by atoms with Gasteiger partial charge >= 0.3 is 5.97 Å². The second kappa shape index (κ2) is 5.10. The van der Waals surface area contributed by atoms with Crippen molar-refractivity contribution in [3.63, 3.8) is 0 Å². The van der Waals surface area contributed by atoms with Gasteiger partial charge < -0.3 is 14.2 Å². The lowest BCUT2D eigenvalue weighted by Crippen LogP contribution is -2.27. The first-order valence-corrected chi connectivity index (χ1v) is 5.34. The predicted molar refractivity (Wildman–Crippen MR) is 55.6 cm³/mol. The second-order valence-corrected chi connectivity index (χ2v) is 4.96. The van der Waals surface area contributed by atoms with E-state index < -0.39 is 24.0 Å². The first-order valence-electron chi connectivity index (χ1n) is 5.34. The molecule has 0 aromatic carbocycles. The predicted octanol–water partition coefficient (Wildman–Crippen LogP) is 1.68. The number of hydrogen-bond donors (Lipinski definition) is 0. The molecule has 0 N–H and O–H groups in total. The molecule has 0 aromatic rings. The molecule has 1 fully saturated rings. The quantitative estimate of drug-likeness (QED) is 0.697. The van der Waals surface area contributed by atoms with Gasteiger partial charge in [0, 0.05) is 13.5 Å². The summed E-state index contributed by atoms with van der Waals surface area (Å²) in [5.74, 6) is -0.313. The van der Waals surface area contributed by atoms with Crippen LogP contribution in [0.4, 0.5) is 4.39 Å². The number of carbonyl (C=O) groups excluding carboxylic acids is 1. The molecule has 16 heavy (non-hydrogen) atoms. The summed E-state index contributed by atoms with van der Waals surface area (Å²) in [4.78, 5) is 11.5. The Morgan fingerprint density at radius 2 is 2.12 bits per heavy atom. The normalized spacial score (nSPS) is 30.4. The van der Waals surface area contributed by atoms with Crippen molar-refractivity contribution in [2.24, 2.45) is 5.41 Å². The third kappa shape index (κ3) is 3.42. The summed E-state index contributed by atoms with van der Waals surface area (Å²) in [6.45, 7) is 5.37. The molecule has 1 saturated heterocycles. The molecular weight excluding hydrogens is 215 g/mol. The van der Waals surface area contributed by atoms with Crippen LogP contribution in [0.15, 0.2) is 0 Å². The van der Waals surface area contributed by atoms with Gasteiger partial charge in [0.1, 0.15) is 6.61 Å². The topological polar surface area (TPSA) is 44.8 Å². The molecule has 1 heterocycles. The molecule has 5 heteroatoms. The molecule has 0 spiro atoms. The van der Waals surface area contributed by atoms with E-state index in [2.05, 4.69) is 0 Å². The van der Waals surface area contributed by atoms with Crippen molar-refractivity contribution < 1.29 is 23.4 Å². The van der Waals surface area contributed by atoms with Gasteiger partial charge in [0.2, 0.25) is 0 Å². The Balaban J connectivity index is 2.33. The van der Waals surface area contributed by atoms with Gasteiger partial charge in [-0.15, -0.1) is 0 Å². The summed E-state index contributed by atoms with van der Waals surface area (Å²) in [5.41, 5.74) is -0.547. The van der Waals surface area contributed by atoms with Crippen LogP contribution in [0, 0.1) is 5.41 Å². The molecule has 4 nitrogen and oxygen atoms in total. The van der Waals surface area contributed by atoms with Crippen LogP contribution in [0.5, 0.6) is 0 Å². The smallest absolute Gasteiger partial charge is 0.311 e. The van der Waals surface area contributed by atoms with E-state index in [0.717, 1.165) is 0 Å². The van der Waals surface area contributed by atoms with E-state index in [-0.39, 0.29) is 19.0 Å². The number of rotatable bonds is 3. The maximum atomic E-state index is 13.2. The zero-order chi connectivity index (χ0) is 12.3. The summed E-state index contributed by atoms with van der Waals surface area (Å²) >= 11 is 0. The third-order valence-electron chi connectivity index (χ3n) is 2.35. The van der Waals surface area contributed by atoms with Crippen LogP contribution in [-0.2, 0) is 19.0 Å². The number of ether oxygens (including phenoxy) is 3. The number of esters is 1. The number of alkyl halides is 1. The highest BCUT2D eigenvalue weighted by molar-refractivity contribution is 5.75. The van der Waals surface area contributed by atoms with Crippen molar-refractivity contribution in [1.29, 1.82) is 0 Å². The molecule has 0 aromatic heterocycles. The zero-order valence-electron chi connectivity index (χ0n) is 10.2. The van der Waals surface area contributed by atoms with Gasteiger partial charge in [0.15, 0.2) is 12.5 Å². The van der Waals surface area contributed by atoms with Gasteiger partial charge in [-0.3, -0.25) is 4.79 Å². The van der Waals surface area contributed by atoms with Gasteiger partial charge in [-0.25, -0.2) is 4.39 Å². The maximum absolute atomic E-state index is 13.2. The Morgan fingerprint density at radius 1 is 1.50 bits per heavy atom. The monoisotopic (exact) mass is 234 g/mol. The molecule has 1 rings (SSSR count). The molecule has 0 amide bonds. The number of hydrogen-bond acceptors (Lipinski definition) is 4. The lowest BCUT2D eigenvalue weighted by Gasteiger charge is -2.18. The molecule has 0 saturated carbocycles. The lowest BCUT2D eigenvalue weighted by molar-refractivity contribution is -0.166. The van der Waals surface area contributed by atoms with Gasteiger partial charge in [-0.2, -0.15) is 0 Å². The standard InChI is InChI=1S/C11H19FO4/c1-11(2,3)10(13)15-6-7-5-8(12)9(14-4)16-7/h7-9H,5-6H2,1-4H3/t7-,8-,9-/m0/s1. The second-order valence-electron chi connectivity index (χ2n) is 4.96. The Morgan fingerprint density at radius 3 is 2.56 bits per heavy atom. The summed E-state index contributed by atoms with van der Waals surface area (Å²) in [6, 6.07) is 0. The maximum Gasteiger partial charge on any atom is 0.311 e. The fourth-order valence-corrected chi connectivity index (χ4v) is 1.39. The van der Waals surface area contributed by atoms with E-state index in [4.69, 9.17) is 14.2 Å². The van der Waals surface area contributed by atoms with Crippen molar-refractivity contribution in [3.8, 4) is 0 Å². The van der Waals surface area contributed by atoms with Crippen molar-refractivity contribution in [2.45, 2.75) is 45.8 Å². The van der Waals surface area contributed by atoms with Gasteiger partial charge in [0.25, 0.3) is 0 Å². The average molecular weight is 234 g/mol. The van der Waals surface area contributed by atoms with Crippen LogP contribution in [-0.4, -0.2) is 38.3 Å². The molecule has 94 valence electrons. The highest BCUT2D eigenvalue weighted by Gasteiger charge is 2.36. The first-order chi connectivity index (χ1) is 7.34. The van der Waals surface area contributed by atoms with Gasteiger partial charge in [0.05, 0.1) is 11.5 Å². The number of methoxy groups -OCH3 is 1. The largest absolute Gasteiger partial charge is 0.463 e. The van der Waals surface area contributed by atoms with Crippen LogP contribution in [0.2, 0.25) is 0 Å². The van der Waals surface area contributed by atoms with E-state index in [1.807, 2.05) is 0 Å². The van der Waals surface area contributed by atoms with Crippen LogP contribution < -0.4 is 0 Å². The Kier molecular flexibility index (Phi) is 4.27. The number of carbonyl (C=O) groups is 1. The molecule has 0 unspecified atom stereocenters. The van der Waals surface area contributed by atoms with Crippen LogP contribution >= 0.6 is 0 Å². The van der Waals surface area contributed by atoms with Crippen molar-refractivity contribution in [1.82, 2.24) is 0 Å². The first kappa shape index (κ1) is 13.4. The summed E-state index contributed by atoms with van der Waals surface area (Å²) in [5, 5.41) is 0. The van der Waals surface area contributed by atoms with E-state index in [9.17, 15) is 9.18 Å². The average Bonchev–Trinajstić information content (AvgIpc) is 2.54. The highest BCUT2D eigenvalue weighted by Crippen LogP contribution is 2.24. The number of halogens is 1. The van der Waals surface area contributed by atoms with E-state index in [1.165, 1.54) is 7.11 Å². The van der Waals surface area contributed by atoms with E-state index in [1.54, 1.807) is 20.8 Å². The lowest BCUT2D eigenvalue weighted by atomic mass is 9.97. The highest BCUT2D eigenvalue weighted by atomic mass is 19.1. The summed E-state index contributed by atoms with van der Waals surface area (Å²) in [6.07, 6.45) is -2.19. The van der Waals surface area contributed by atoms with Crippen molar-refractivity contribution in [3.05, 3.63) is 0 Å². The molecule has 0 radical (unpaired) electrons. The summed E-state index contributed by atoms with van der Waals surface area (Å²) < 4.78 is 28.3. The molecule has 0 bridgehead atoms. The molecule has 0 aliphatic carbocycles. The van der Waals surface area contributed by atoms with Crippen LogP contribution in [0.25, 0.3) is 0 Å². The van der Waals surface area contributed by atoms with Gasteiger partial charge in [-0.1, -0.05) is 0 Å². The Labute approximate surface area is 95.1 Å². The minimum Gasteiger partial charge on any atom is -0.463 e. The van der Waals surface area contributed by atoms with Crippen molar-refractivity contribution >= 4 is 5.97 Å². The zero-order valence-corrected chi connectivity index (χ0v) is 10.2. The Bertz CT molecular complexity index is 249. The minimum absolute atomic E-state index is 0.0797. The minimum atomic E-state index is -1.15.